The Balaban J connectivity index is 1.51. The molecular formula is C18H19F2N7O. The average Bonchev–Trinajstić information content (AvgIpc) is 3.32. The Labute approximate surface area is 159 Å². The maximum absolute atomic E-state index is 13.9. The minimum absolute atomic E-state index is 0.0183. The first-order valence-electron chi connectivity index (χ1n) is 8.97. The summed E-state index contributed by atoms with van der Waals surface area (Å²) in [5.41, 5.74) is -0.360. The van der Waals surface area contributed by atoms with E-state index in [-0.39, 0.29) is 11.6 Å². The van der Waals surface area contributed by atoms with Gasteiger partial charge in [0, 0.05) is 44.5 Å². The molecule has 0 bridgehead atoms. The van der Waals surface area contributed by atoms with Crippen LogP contribution in [-0.4, -0.2) is 53.2 Å². The quantitative estimate of drug-likeness (QED) is 0.681. The van der Waals surface area contributed by atoms with Gasteiger partial charge in [0.05, 0.1) is 19.1 Å². The summed E-state index contributed by atoms with van der Waals surface area (Å²) in [6.45, 7) is 1.42. The van der Waals surface area contributed by atoms with Crippen molar-refractivity contribution in [1.82, 2.24) is 34.2 Å². The van der Waals surface area contributed by atoms with E-state index >= 15 is 0 Å². The monoisotopic (exact) mass is 387 g/mol. The molecule has 0 spiro atoms. The summed E-state index contributed by atoms with van der Waals surface area (Å²) in [7, 11) is 1.89. The van der Waals surface area contributed by atoms with Crippen LogP contribution in [0, 0.1) is 11.6 Å². The molecule has 4 rings (SSSR count). The smallest absolute Gasteiger partial charge is 0.275 e. The van der Waals surface area contributed by atoms with Crippen molar-refractivity contribution in [2.45, 2.75) is 25.3 Å². The molecule has 0 aromatic carbocycles. The second-order valence-corrected chi connectivity index (χ2v) is 6.84. The van der Waals surface area contributed by atoms with Crippen LogP contribution in [0.3, 0.4) is 0 Å². The van der Waals surface area contributed by atoms with E-state index in [4.69, 9.17) is 0 Å². The van der Waals surface area contributed by atoms with Gasteiger partial charge < -0.3 is 14.0 Å². The molecule has 3 aromatic heterocycles. The van der Waals surface area contributed by atoms with Gasteiger partial charge in [-0.05, 0) is 12.8 Å². The van der Waals surface area contributed by atoms with Crippen molar-refractivity contribution in [2.75, 3.05) is 13.1 Å². The van der Waals surface area contributed by atoms with Gasteiger partial charge in [-0.15, -0.1) is 10.2 Å². The summed E-state index contributed by atoms with van der Waals surface area (Å²) < 4.78 is 30.8. The second kappa shape index (κ2) is 7.45. The van der Waals surface area contributed by atoms with Crippen molar-refractivity contribution in [3.05, 3.63) is 60.0 Å². The molecule has 1 aliphatic rings. The Morgan fingerprint density at radius 3 is 2.93 bits per heavy atom. The molecule has 0 saturated carbocycles. The highest BCUT2D eigenvalue weighted by Crippen LogP contribution is 2.27. The number of pyridine rings is 1. The number of hydrogen-bond donors (Lipinski definition) is 0. The van der Waals surface area contributed by atoms with E-state index in [2.05, 4.69) is 20.2 Å². The van der Waals surface area contributed by atoms with Crippen LogP contribution in [0.5, 0.6) is 0 Å². The number of imidazole rings is 1. The zero-order valence-electron chi connectivity index (χ0n) is 15.3. The Morgan fingerprint density at radius 2 is 2.18 bits per heavy atom. The Bertz CT molecular complexity index is 986. The van der Waals surface area contributed by atoms with Gasteiger partial charge in [-0.2, -0.15) is 0 Å². The van der Waals surface area contributed by atoms with Gasteiger partial charge in [0.15, 0.2) is 17.3 Å². The highest BCUT2D eigenvalue weighted by molar-refractivity contribution is 5.92. The molecule has 1 saturated heterocycles. The lowest BCUT2D eigenvalue weighted by atomic mass is 9.97. The Morgan fingerprint density at radius 1 is 1.32 bits per heavy atom. The molecule has 1 atom stereocenters. The number of rotatable bonds is 4. The number of nitrogens with zero attached hydrogens (tertiary/aromatic N) is 7. The molecule has 0 radical (unpaired) electrons. The SMILES string of the molecule is Cn1c(Cn2ccnc2)nnc1[C@H]1CCCN(C(=O)c2ncc(F)cc2F)C1. The molecule has 1 fully saturated rings. The molecule has 0 unspecified atom stereocenters. The van der Waals surface area contributed by atoms with E-state index in [0.717, 1.165) is 30.7 Å². The average molecular weight is 387 g/mol. The molecule has 28 heavy (non-hydrogen) atoms. The van der Waals surface area contributed by atoms with Crippen molar-refractivity contribution in [1.29, 1.82) is 0 Å². The van der Waals surface area contributed by atoms with Gasteiger partial charge in [-0.3, -0.25) is 4.79 Å². The Hall–Kier alpha value is -3.17. The summed E-state index contributed by atoms with van der Waals surface area (Å²) in [6.07, 6.45) is 7.70. The third kappa shape index (κ3) is 3.49. The third-order valence-corrected chi connectivity index (χ3v) is 4.97. The number of carbonyl (C=O) groups is 1. The number of halogens is 2. The first kappa shape index (κ1) is 18.2. The van der Waals surface area contributed by atoms with E-state index in [9.17, 15) is 13.6 Å². The van der Waals surface area contributed by atoms with E-state index in [1.807, 2.05) is 22.4 Å². The number of hydrogen-bond acceptors (Lipinski definition) is 5. The highest BCUT2D eigenvalue weighted by atomic mass is 19.1. The molecular weight excluding hydrogens is 368 g/mol. The molecule has 10 heteroatoms. The van der Waals surface area contributed by atoms with Crippen LogP contribution in [0.2, 0.25) is 0 Å². The zero-order chi connectivity index (χ0) is 19.7. The second-order valence-electron chi connectivity index (χ2n) is 6.84. The van der Waals surface area contributed by atoms with Gasteiger partial charge in [0.1, 0.15) is 11.6 Å². The first-order valence-corrected chi connectivity index (χ1v) is 8.97. The normalized spacial score (nSPS) is 17.1. The fourth-order valence-corrected chi connectivity index (χ4v) is 3.51. The number of piperidine rings is 1. The summed E-state index contributed by atoms with van der Waals surface area (Å²) in [6, 6.07) is 0.673. The predicted molar refractivity (Wildman–Crippen MR) is 94.4 cm³/mol. The number of aromatic nitrogens is 6. The van der Waals surface area contributed by atoms with Gasteiger partial charge in [0.2, 0.25) is 0 Å². The van der Waals surface area contributed by atoms with Gasteiger partial charge >= 0.3 is 0 Å². The summed E-state index contributed by atoms with van der Waals surface area (Å²) >= 11 is 0. The van der Waals surface area contributed by atoms with Crippen molar-refractivity contribution in [2.24, 2.45) is 7.05 Å². The van der Waals surface area contributed by atoms with E-state index in [1.54, 1.807) is 17.4 Å². The molecule has 146 valence electrons. The lowest BCUT2D eigenvalue weighted by Crippen LogP contribution is -2.40. The molecule has 1 aliphatic heterocycles. The largest absolute Gasteiger partial charge is 0.336 e. The van der Waals surface area contributed by atoms with Crippen LogP contribution in [0.1, 0.15) is 40.9 Å². The zero-order valence-corrected chi connectivity index (χ0v) is 15.3. The standard InChI is InChI=1S/C18H19F2N7O/c1-25-15(10-26-6-4-21-11-26)23-24-17(25)12-3-2-5-27(9-12)18(28)16-14(20)7-13(19)8-22-16/h4,6-8,11-12H,2-3,5,9-10H2,1H3/t12-/m0/s1. The molecule has 3 aromatic rings. The lowest BCUT2D eigenvalue weighted by molar-refractivity contribution is 0.0692. The third-order valence-electron chi connectivity index (χ3n) is 4.97. The minimum atomic E-state index is -0.951. The van der Waals surface area contributed by atoms with Gasteiger partial charge in [-0.1, -0.05) is 0 Å². The lowest BCUT2D eigenvalue weighted by Gasteiger charge is -2.32. The van der Waals surface area contributed by atoms with Crippen LogP contribution in [0.15, 0.2) is 31.0 Å². The highest BCUT2D eigenvalue weighted by Gasteiger charge is 2.30. The van der Waals surface area contributed by atoms with Crippen LogP contribution >= 0.6 is 0 Å². The number of carbonyl (C=O) groups excluding carboxylic acids is 1. The summed E-state index contributed by atoms with van der Waals surface area (Å²) in [4.78, 5) is 21.8. The first-order chi connectivity index (χ1) is 13.5. The van der Waals surface area contributed by atoms with Crippen molar-refractivity contribution < 1.29 is 13.6 Å². The van der Waals surface area contributed by atoms with Crippen molar-refractivity contribution in [3.63, 3.8) is 0 Å². The van der Waals surface area contributed by atoms with E-state index in [0.29, 0.717) is 25.7 Å². The molecule has 0 aliphatic carbocycles. The van der Waals surface area contributed by atoms with Crippen LogP contribution < -0.4 is 0 Å². The predicted octanol–water partition coefficient (Wildman–Crippen LogP) is 1.75. The fraction of sp³-hybridized carbons (Fsp3) is 0.389. The maximum atomic E-state index is 13.9. The molecule has 1 amide bonds. The van der Waals surface area contributed by atoms with Crippen molar-refractivity contribution in [3.8, 4) is 0 Å². The molecule has 4 heterocycles. The molecule has 0 N–H and O–H groups in total. The fourth-order valence-electron chi connectivity index (χ4n) is 3.51. The Kier molecular flexibility index (Phi) is 4.84. The maximum Gasteiger partial charge on any atom is 0.275 e. The van der Waals surface area contributed by atoms with Crippen LogP contribution in [-0.2, 0) is 13.6 Å². The van der Waals surface area contributed by atoms with Gasteiger partial charge in [0.25, 0.3) is 5.91 Å². The van der Waals surface area contributed by atoms with Crippen LogP contribution in [0.25, 0.3) is 0 Å². The van der Waals surface area contributed by atoms with E-state index < -0.39 is 17.5 Å². The van der Waals surface area contributed by atoms with Crippen molar-refractivity contribution >= 4 is 5.91 Å². The number of amides is 1. The topological polar surface area (TPSA) is 81.7 Å². The minimum Gasteiger partial charge on any atom is -0.336 e. The summed E-state index contributed by atoms with van der Waals surface area (Å²) in [5.74, 6) is -0.760. The van der Waals surface area contributed by atoms with Gasteiger partial charge in [-0.25, -0.2) is 18.7 Å². The summed E-state index contributed by atoms with van der Waals surface area (Å²) in [5, 5.41) is 8.58. The molecule has 8 nitrogen and oxygen atoms in total. The number of likely N-dealkylation sites (tertiary alicyclic amines) is 1. The van der Waals surface area contributed by atoms with Crippen LogP contribution in [0.4, 0.5) is 8.78 Å². The van der Waals surface area contributed by atoms with E-state index in [1.165, 1.54) is 0 Å².